The SMILES string of the molecule is CC1=CC(C)N(c2c(C(C)C)cccc2C(C)C)P(Cl)N1c1c(C(C)C)cccc1C(C)C. The van der Waals surface area contributed by atoms with Crippen molar-refractivity contribution in [2.24, 2.45) is 0 Å². The Morgan fingerprint density at radius 3 is 1.42 bits per heavy atom. The van der Waals surface area contributed by atoms with Crippen LogP contribution >= 0.6 is 18.8 Å². The zero-order valence-electron chi connectivity index (χ0n) is 22.1. The van der Waals surface area contributed by atoms with Crippen LogP contribution in [0, 0.1) is 0 Å². The Morgan fingerprint density at radius 1 is 0.697 bits per heavy atom. The monoisotopic (exact) mass is 484 g/mol. The first kappa shape index (κ1) is 26.1. The fourth-order valence-corrected chi connectivity index (χ4v) is 7.85. The van der Waals surface area contributed by atoms with E-state index in [1.807, 2.05) is 0 Å². The minimum absolute atomic E-state index is 0.232. The highest BCUT2D eigenvalue weighted by Crippen LogP contribution is 2.62. The molecule has 2 aromatic carbocycles. The number of hydrogen-bond acceptors (Lipinski definition) is 2. The summed E-state index contributed by atoms with van der Waals surface area (Å²) in [7, 11) is -1.14. The first-order valence-electron chi connectivity index (χ1n) is 12.5. The molecule has 0 spiro atoms. The highest BCUT2D eigenvalue weighted by molar-refractivity contribution is 7.86. The standard InChI is InChI=1S/C29H42ClN2P/c1-18(2)24-13-11-14-25(19(3)4)28(24)31-22(9)17-23(10)32(33(31)30)29-26(20(5)6)15-12-16-27(29)21(7)8/h11-22H,1-10H3. The molecule has 33 heavy (non-hydrogen) atoms. The highest BCUT2D eigenvalue weighted by Gasteiger charge is 2.38. The number of benzene rings is 2. The minimum Gasteiger partial charge on any atom is -0.314 e. The quantitative estimate of drug-likeness (QED) is 0.376. The van der Waals surface area contributed by atoms with Crippen molar-refractivity contribution in [2.45, 2.75) is 99.0 Å². The zero-order chi connectivity index (χ0) is 24.6. The van der Waals surface area contributed by atoms with Crippen LogP contribution in [-0.2, 0) is 0 Å². The van der Waals surface area contributed by atoms with E-state index in [-0.39, 0.29) is 6.04 Å². The van der Waals surface area contributed by atoms with Crippen molar-refractivity contribution in [3.8, 4) is 0 Å². The molecule has 4 heteroatoms. The molecule has 1 heterocycles. The van der Waals surface area contributed by atoms with Crippen LogP contribution in [0.2, 0.25) is 0 Å². The lowest BCUT2D eigenvalue weighted by Gasteiger charge is -2.47. The van der Waals surface area contributed by atoms with E-state index in [2.05, 4.69) is 121 Å². The Kier molecular flexibility index (Phi) is 8.24. The topological polar surface area (TPSA) is 6.48 Å². The lowest BCUT2D eigenvalue weighted by Crippen LogP contribution is -2.38. The van der Waals surface area contributed by atoms with Crippen LogP contribution in [0.4, 0.5) is 11.4 Å². The summed E-state index contributed by atoms with van der Waals surface area (Å²) in [5.74, 6) is 1.71. The molecule has 0 fully saturated rings. The van der Waals surface area contributed by atoms with Crippen molar-refractivity contribution in [2.75, 3.05) is 9.34 Å². The molecule has 3 rings (SSSR count). The molecule has 0 radical (unpaired) electrons. The molecule has 2 unspecified atom stereocenters. The molecule has 0 N–H and O–H groups in total. The van der Waals surface area contributed by atoms with Gasteiger partial charge in [0.05, 0.1) is 11.7 Å². The number of anilines is 2. The van der Waals surface area contributed by atoms with Gasteiger partial charge in [-0.25, -0.2) is 0 Å². The van der Waals surface area contributed by atoms with Crippen LogP contribution in [0.15, 0.2) is 48.2 Å². The summed E-state index contributed by atoms with van der Waals surface area (Å²) >= 11 is 7.59. The molecule has 0 amide bonds. The first-order valence-corrected chi connectivity index (χ1v) is 14.6. The van der Waals surface area contributed by atoms with Crippen LogP contribution in [-0.4, -0.2) is 6.04 Å². The number of halogens is 1. The molecule has 1 aliphatic heterocycles. The Labute approximate surface area is 208 Å². The Hall–Kier alpha value is -1.50. The van der Waals surface area contributed by atoms with Crippen molar-refractivity contribution in [3.05, 3.63) is 70.4 Å². The summed E-state index contributed by atoms with van der Waals surface area (Å²) in [4.78, 5) is 0. The summed E-state index contributed by atoms with van der Waals surface area (Å²) in [6.07, 6.45) is 2.39. The third kappa shape index (κ3) is 4.98. The number of para-hydroxylation sites is 2. The molecule has 0 saturated heterocycles. The van der Waals surface area contributed by atoms with Crippen molar-refractivity contribution in [1.29, 1.82) is 0 Å². The van der Waals surface area contributed by atoms with E-state index in [0.29, 0.717) is 23.7 Å². The lowest BCUT2D eigenvalue weighted by atomic mass is 9.92. The average molecular weight is 485 g/mol. The molecule has 2 nitrogen and oxygen atoms in total. The molecular weight excluding hydrogens is 443 g/mol. The van der Waals surface area contributed by atoms with Gasteiger partial charge in [0, 0.05) is 11.4 Å². The van der Waals surface area contributed by atoms with E-state index in [1.54, 1.807) is 0 Å². The second-order valence-corrected chi connectivity index (χ2v) is 12.9. The van der Waals surface area contributed by atoms with Crippen LogP contribution in [0.1, 0.15) is 115 Å². The Bertz CT molecular complexity index is 956. The van der Waals surface area contributed by atoms with Gasteiger partial charge in [0.2, 0.25) is 7.58 Å². The van der Waals surface area contributed by atoms with Crippen molar-refractivity contribution in [1.82, 2.24) is 0 Å². The van der Waals surface area contributed by atoms with Gasteiger partial charge in [-0.2, -0.15) is 0 Å². The third-order valence-corrected chi connectivity index (χ3v) is 9.38. The maximum Gasteiger partial charge on any atom is 0.202 e. The summed E-state index contributed by atoms with van der Waals surface area (Å²) in [5.41, 5.74) is 9.41. The fourth-order valence-electron chi connectivity index (χ4n) is 4.94. The van der Waals surface area contributed by atoms with Gasteiger partial charge in [-0.3, -0.25) is 4.67 Å². The normalized spacial score (nSPS) is 19.3. The first-order chi connectivity index (χ1) is 15.5. The van der Waals surface area contributed by atoms with Gasteiger partial charge in [-0.1, -0.05) is 91.8 Å². The molecule has 0 aromatic heterocycles. The van der Waals surface area contributed by atoms with E-state index in [1.165, 1.54) is 39.3 Å². The Balaban J connectivity index is 2.28. The second-order valence-electron chi connectivity index (χ2n) is 10.6. The molecule has 2 atom stereocenters. The number of hydrogen-bond donors (Lipinski definition) is 0. The predicted octanol–water partition coefficient (Wildman–Crippen LogP) is 10.3. The summed E-state index contributed by atoms with van der Waals surface area (Å²) < 4.78 is 4.96. The average Bonchev–Trinajstić information content (AvgIpc) is 2.72. The van der Waals surface area contributed by atoms with Crippen LogP contribution in [0.5, 0.6) is 0 Å². The van der Waals surface area contributed by atoms with E-state index >= 15 is 0 Å². The number of allylic oxidation sites excluding steroid dienone is 1. The molecule has 0 saturated carbocycles. The third-order valence-electron chi connectivity index (χ3n) is 6.67. The lowest BCUT2D eigenvalue weighted by molar-refractivity contribution is 0.797. The molecule has 0 aliphatic carbocycles. The largest absolute Gasteiger partial charge is 0.314 e. The number of nitrogens with zero attached hydrogens (tertiary/aromatic N) is 2. The molecule has 1 aliphatic rings. The molecular formula is C29H42ClN2P. The van der Waals surface area contributed by atoms with E-state index in [0.717, 1.165) is 0 Å². The van der Waals surface area contributed by atoms with Gasteiger partial charge in [-0.05, 0) is 77.1 Å². The van der Waals surface area contributed by atoms with E-state index in [4.69, 9.17) is 11.2 Å². The molecule has 0 bridgehead atoms. The van der Waals surface area contributed by atoms with Gasteiger partial charge in [0.25, 0.3) is 0 Å². The van der Waals surface area contributed by atoms with Gasteiger partial charge in [-0.15, -0.1) is 0 Å². The highest BCUT2D eigenvalue weighted by atomic mass is 35.7. The Morgan fingerprint density at radius 2 is 1.06 bits per heavy atom. The van der Waals surface area contributed by atoms with Crippen LogP contribution in [0.3, 0.4) is 0 Å². The van der Waals surface area contributed by atoms with Gasteiger partial charge < -0.3 is 4.67 Å². The van der Waals surface area contributed by atoms with Gasteiger partial charge >= 0.3 is 0 Å². The predicted molar refractivity (Wildman–Crippen MR) is 150 cm³/mol. The van der Waals surface area contributed by atoms with Crippen molar-refractivity contribution in [3.63, 3.8) is 0 Å². The summed E-state index contributed by atoms with van der Waals surface area (Å²) in [6.45, 7) is 22.8. The number of rotatable bonds is 6. The summed E-state index contributed by atoms with van der Waals surface area (Å²) in [6, 6.07) is 13.8. The maximum absolute atomic E-state index is 7.59. The fraction of sp³-hybridized carbons (Fsp3) is 0.517. The smallest absolute Gasteiger partial charge is 0.202 e. The summed E-state index contributed by atoms with van der Waals surface area (Å²) in [5, 5.41) is 0. The van der Waals surface area contributed by atoms with Crippen LogP contribution in [0.25, 0.3) is 0 Å². The van der Waals surface area contributed by atoms with Gasteiger partial charge in [0.1, 0.15) is 0 Å². The minimum atomic E-state index is -1.14. The van der Waals surface area contributed by atoms with Crippen molar-refractivity contribution < 1.29 is 0 Å². The second kappa shape index (κ2) is 10.4. The van der Waals surface area contributed by atoms with Crippen molar-refractivity contribution >= 4 is 30.2 Å². The zero-order valence-corrected chi connectivity index (χ0v) is 23.8. The van der Waals surface area contributed by atoms with E-state index < -0.39 is 7.58 Å². The van der Waals surface area contributed by atoms with Gasteiger partial charge in [0.15, 0.2) is 0 Å². The maximum atomic E-state index is 7.59. The molecule has 180 valence electrons. The molecule has 2 aromatic rings. The van der Waals surface area contributed by atoms with E-state index in [9.17, 15) is 0 Å². The van der Waals surface area contributed by atoms with Crippen LogP contribution < -0.4 is 9.34 Å².